The Kier molecular flexibility index (Phi) is 12.4. The Morgan fingerprint density at radius 3 is 2.35 bits per heavy atom. The molecule has 8 unspecified atom stereocenters. The van der Waals surface area contributed by atoms with Crippen molar-refractivity contribution in [2.75, 3.05) is 13.2 Å². The molecule has 2 aromatic carbocycles. The fourth-order valence-corrected chi connectivity index (χ4v) is 10.6. The molecule has 2 saturated heterocycles. The van der Waals surface area contributed by atoms with Crippen molar-refractivity contribution in [1.29, 1.82) is 0 Å². The zero-order valence-electron chi connectivity index (χ0n) is 37.1. The van der Waals surface area contributed by atoms with E-state index < -0.39 is 53.6 Å². The van der Waals surface area contributed by atoms with Crippen molar-refractivity contribution in [3.8, 4) is 0 Å². The van der Waals surface area contributed by atoms with E-state index in [1.165, 1.54) is 18.4 Å². The first kappa shape index (κ1) is 44.3. The van der Waals surface area contributed by atoms with E-state index in [0.29, 0.717) is 47.3 Å². The average molecular weight is 853 g/mol. The Hall–Kier alpha value is -4.36. The van der Waals surface area contributed by atoms with Gasteiger partial charge in [0.1, 0.15) is 23.9 Å². The fourth-order valence-electron chi connectivity index (χ4n) is 10.6. The van der Waals surface area contributed by atoms with Crippen LogP contribution in [0.1, 0.15) is 126 Å². The zero-order chi connectivity index (χ0) is 44.0. The molecule has 4 aliphatic carbocycles. The number of hydrogen-bond donors (Lipinski definition) is 3. The van der Waals surface area contributed by atoms with Gasteiger partial charge in [-0.2, -0.15) is 0 Å². The summed E-state index contributed by atoms with van der Waals surface area (Å²) in [5, 5.41) is 15.4. The summed E-state index contributed by atoms with van der Waals surface area (Å²) >= 11 is 0. The molecule has 0 radical (unpaired) electrons. The van der Waals surface area contributed by atoms with Gasteiger partial charge in [0, 0.05) is 44.2 Å². The second-order valence-electron chi connectivity index (χ2n) is 20.4. The first-order valence-corrected chi connectivity index (χ1v) is 22.6. The third kappa shape index (κ3) is 9.88. The molecular weight excluding hydrogens is 789 g/mol. The summed E-state index contributed by atoms with van der Waals surface area (Å²) in [6.45, 7) is 12.1. The van der Waals surface area contributed by atoms with Crippen molar-refractivity contribution >= 4 is 29.8 Å². The molecule has 2 amide bonds. The molecule has 3 N–H and O–H groups in total. The maximum atomic E-state index is 13.9. The summed E-state index contributed by atoms with van der Waals surface area (Å²) < 4.78 is 31.0. The van der Waals surface area contributed by atoms with Gasteiger partial charge in [-0.1, -0.05) is 61.9 Å². The number of aliphatic hydroxyl groups is 1. The van der Waals surface area contributed by atoms with Crippen LogP contribution in [0.2, 0.25) is 0 Å². The third-order valence-electron chi connectivity index (χ3n) is 14.0. The Bertz CT molecular complexity index is 2080. The number of aliphatic hydroxyl groups excluding tert-OH is 1. The lowest BCUT2D eigenvalue weighted by atomic mass is 9.52. The molecule has 2 saturated carbocycles. The van der Waals surface area contributed by atoms with Crippen LogP contribution in [0.25, 0.3) is 6.08 Å². The number of carbonyl (C=O) groups excluding carboxylic acids is 4. The van der Waals surface area contributed by atoms with Crippen LogP contribution in [-0.2, 0) is 50.9 Å². The molecule has 1 spiro atoms. The van der Waals surface area contributed by atoms with Crippen LogP contribution in [0.15, 0.2) is 65.8 Å². The Morgan fingerprint density at radius 2 is 1.68 bits per heavy atom. The lowest BCUT2D eigenvalue weighted by Gasteiger charge is -2.53. The van der Waals surface area contributed by atoms with Crippen LogP contribution in [-0.4, -0.2) is 89.5 Å². The van der Waals surface area contributed by atoms with E-state index in [2.05, 4.69) is 49.6 Å². The summed E-state index contributed by atoms with van der Waals surface area (Å²) in [5.41, 5.74) is 5.29. The van der Waals surface area contributed by atoms with Gasteiger partial charge < -0.3 is 39.4 Å². The summed E-state index contributed by atoms with van der Waals surface area (Å²) in [5.74, 6) is -1.45. The lowest BCUT2D eigenvalue weighted by Crippen LogP contribution is -2.45. The highest BCUT2D eigenvalue weighted by molar-refractivity contribution is 5.94. The second-order valence-corrected chi connectivity index (χ2v) is 20.4. The van der Waals surface area contributed by atoms with Gasteiger partial charge in [0.05, 0.1) is 29.9 Å². The number of benzene rings is 2. The molecule has 8 rings (SSSR count). The number of fused-ring (bicyclic) bond motifs is 4. The van der Waals surface area contributed by atoms with E-state index in [4.69, 9.17) is 23.7 Å². The molecule has 2 aromatic rings. The SMILES string of the molecule is CC(C)(C)OC(=O)CCC(CO)NC(=O)CCNC(=O)C1=CC2OC3(Cc4ccccc4C3)OC2C(OC(=O)c2ccc(C=C3CCC4OC4(C)CCC4C3CC4(C)C)cc2)C1. The average Bonchev–Trinajstić information content (AvgIpc) is 3.50. The minimum absolute atomic E-state index is 0.0246. The minimum Gasteiger partial charge on any atom is -0.460 e. The number of hydrogen-bond acceptors (Lipinski definition) is 10. The first-order chi connectivity index (χ1) is 29.4. The number of epoxide rings is 1. The van der Waals surface area contributed by atoms with Gasteiger partial charge in [0.15, 0.2) is 5.79 Å². The normalized spacial score (nSPS) is 30.1. The first-order valence-electron chi connectivity index (χ1n) is 22.6. The highest BCUT2D eigenvalue weighted by atomic mass is 16.8. The molecule has 12 heteroatoms. The summed E-state index contributed by atoms with van der Waals surface area (Å²) in [6.07, 6.45) is 9.24. The number of carbonyl (C=O) groups is 4. The van der Waals surface area contributed by atoms with Crippen LogP contribution in [0.5, 0.6) is 0 Å². The molecule has 2 heterocycles. The van der Waals surface area contributed by atoms with E-state index in [9.17, 15) is 24.3 Å². The Labute approximate surface area is 365 Å². The summed E-state index contributed by atoms with van der Waals surface area (Å²) in [7, 11) is 0. The molecule has 6 aliphatic rings. The van der Waals surface area contributed by atoms with Crippen molar-refractivity contribution in [3.63, 3.8) is 0 Å². The van der Waals surface area contributed by atoms with Gasteiger partial charge in [-0.05, 0) is 118 Å². The monoisotopic (exact) mass is 852 g/mol. The van der Waals surface area contributed by atoms with Gasteiger partial charge in [-0.15, -0.1) is 0 Å². The van der Waals surface area contributed by atoms with Gasteiger partial charge in [0.2, 0.25) is 11.8 Å². The molecule has 2 aliphatic heterocycles. The molecule has 0 bridgehead atoms. The molecule has 334 valence electrons. The molecule has 8 atom stereocenters. The largest absolute Gasteiger partial charge is 0.460 e. The maximum absolute atomic E-state index is 13.9. The van der Waals surface area contributed by atoms with Crippen molar-refractivity contribution in [1.82, 2.24) is 10.6 Å². The predicted octanol–water partition coefficient (Wildman–Crippen LogP) is 6.70. The van der Waals surface area contributed by atoms with E-state index in [1.54, 1.807) is 26.8 Å². The highest BCUT2D eigenvalue weighted by Gasteiger charge is 2.57. The lowest BCUT2D eigenvalue weighted by molar-refractivity contribution is -0.172. The molecule has 12 nitrogen and oxygen atoms in total. The van der Waals surface area contributed by atoms with E-state index in [1.807, 2.05) is 36.4 Å². The third-order valence-corrected chi connectivity index (χ3v) is 14.0. The number of allylic oxidation sites excluding steroid dienone is 1. The molecular formula is C50H64N2O10. The van der Waals surface area contributed by atoms with E-state index in [-0.39, 0.29) is 50.3 Å². The summed E-state index contributed by atoms with van der Waals surface area (Å²) in [4.78, 5) is 52.5. The van der Waals surface area contributed by atoms with Crippen LogP contribution < -0.4 is 10.6 Å². The quantitative estimate of drug-likeness (QED) is 0.155. The topological polar surface area (TPSA) is 162 Å². The Balaban J connectivity index is 0.911. The van der Waals surface area contributed by atoms with Crippen molar-refractivity contribution in [2.24, 2.45) is 17.3 Å². The standard InChI is InChI=1S/C50H64N2O10/c1-47(2,3)61-43(55)18-16-36(29-53)52-42(54)20-22-51-45(56)35-24-39(44-40(25-35)59-50(62-44)26-33-9-7-8-10-34(33)27-50)58-46(57)31-13-11-30(12-14-31)23-32-15-17-41-49(6,60-41)21-19-38-37(32)28-48(38,4)5/h7-14,23,25,36-41,44,53H,15-22,24,26-29H2,1-6H3,(H,51,56)(H,52,54). The van der Waals surface area contributed by atoms with Crippen molar-refractivity contribution in [2.45, 2.75) is 160 Å². The second kappa shape index (κ2) is 17.3. The zero-order valence-corrected chi connectivity index (χ0v) is 37.1. The minimum atomic E-state index is -0.943. The van der Waals surface area contributed by atoms with Crippen LogP contribution >= 0.6 is 0 Å². The smallest absolute Gasteiger partial charge is 0.338 e. The molecule has 62 heavy (non-hydrogen) atoms. The van der Waals surface area contributed by atoms with Gasteiger partial charge in [-0.3, -0.25) is 14.4 Å². The van der Waals surface area contributed by atoms with Crippen LogP contribution in [0, 0.1) is 17.3 Å². The van der Waals surface area contributed by atoms with Gasteiger partial charge >= 0.3 is 11.9 Å². The predicted molar refractivity (Wildman–Crippen MR) is 231 cm³/mol. The van der Waals surface area contributed by atoms with E-state index >= 15 is 0 Å². The van der Waals surface area contributed by atoms with Crippen molar-refractivity contribution < 1.29 is 48.0 Å². The number of amides is 2. The summed E-state index contributed by atoms with van der Waals surface area (Å²) in [6, 6.07) is 15.0. The van der Waals surface area contributed by atoms with Crippen LogP contribution in [0.4, 0.5) is 0 Å². The number of esters is 2. The maximum Gasteiger partial charge on any atom is 0.338 e. The number of rotatable bonds is 12. The van der Waals surface area contributed by atoms with Gasteiger partial charge in [-0.25, -0.2) is 4.79 Å². The number of ether oxygens (including phenoxy) is 5. The fraction of sp³-hybridized carbons (Fsp3) is 0.600. The van der Waals surface area contributed by atoms with Crippen molar-refractivity contribution in [3.05, 3.63) is 88.0 Å². The highest BCUT2D eigenvalue weighted by Crippen LogP contribution is 2.60. The van der Waals surface area contributed by atoms with Gasteiger partial charge in [0.25, 0.3) is 0 Å². The Morgan fingerprint density at radius 1 is 0.952 bits per heavy atom. The molecule has 4 fully saturated rings. The molecule has 0 aromatic heterocycles. The number of nitrogens with one attached hydrogen (secondary N) is 2. The van der Waals surface area contributed by atoms with E-state index in [0.717, 1.165) is 36.0 Å². The van der Waals surface area contributed by atoms with Crippen LogP contribution in [0.3, 0.4) is 0 Å².